The van der Waals surface area contributed by atoms with Crippen molar-refractivity contribution in [3.05, 3.63) is 115 Å². The van der Waals surface area contributed by atoms with Gasteiger partial charge in [-0.3, -0.25) is 9.59 Å². The molecular formula is C33H28O2S2. The van der Waals surface area contributed by atoms with Gasteiger partial charge < -0.3 is 0 Å². The summed E-state index contributed by atoms with van der Waals surface area (Å²) in [7, 11) is 0. The Morgan fingerprint density at radius 3 is 2.22 bits per heavy atom. The van der Waals surface area contributed by atoms with Crippen LogP contribution in [-0.4, -0.2) is 0 Å². The van der Waals surface area contributed by atoms with Gasteiger partial charge in [0.1, 0.15) is 0 Å². The molecule has 0 aliphatic heterocycles. The Balaban J connectivity index is 1.39. The fourth-order valence-corrected chi connectivity index (χ4v) is 7.68. The lowest BCUT2D eigenvalue weighted by molar-refractivity contribution is 0.761. The molecule has 2 aromatic heterocycles. The van der Waals surface area contributed by atoms with Gasteiger partial charge in [-0.1, -0.05) is 51.1 Å². The molecule has 0 aliphatic carbocycles. The molecule has 4 heteroatoms. The van der Waals surface area contributed by atoms with E-state index < -0.39 is 0 Å². The Kier molecular flexibility index (Phi) is 6.18. The van der Waals surface area contributed by atoms with Crippen LogP contribution in [0.3, 0.4) is 0 Å². The molecule has 0 amide bonds. The maximum atomic E-state index is 13.4. The van der Waals surface area contributed by atoms with E-state index in [0.717, 1.165) is 59.6 Å². The minimum atomic E-state index is 0.110. The van der Waals surface area contributed by atoms with Crippen LogP contribution in [0.5, 0.6) is 0 Å². The van der Waals surface area contributed by atoms with Crippen LogP contribution in [0.15, 0.2) is 82.4 Å². The molecule has 0 N–H and O–H groups in total. The van der Waals surface area contributed by atoms with Crippen LogP contribution < -0.4 is 10.9 Å². The zero-order valence-corrected chi connectivity index (χ0v) is 22.9. The van der Waals surface area contributed by atoms with Crippen molar-refractivity contribution in [2.45, 2.75) is 46.0 Å². The van der Waals surface area contributed by atoms with Crippen LogP contribution in [0, 0.1) is 0 Å². The van der Waals surface area contributed by atoms with E-state index in [0.29, 0.717) is 0 Å². The second-order valence-electron chi connectivity index (χ2n) is 9.89. The van der Waals surface area contributed by atoms with Gasteiger partial charge in [-0.2, -0.15) is 0 Å². The van der Waals surface area contributed by atoms with Gasteiger partial charge in [0.05, 0.1) is 0 Å². The number of hydrogen-bond donors (Lipinski definition) is 0. The molecule has 0 radical (unpaired) electrons. The Morgan fingerprint density at radius 1 is 0.649 bits per heavy atom. The molecular weight excluding hydrogens is 492 g/mol. The Hall–Kier alpha value is -3.34. The lowest BCUT2D eigenvalue weighted by Gasteiger charge is -2.14. The van der Waals surface area contributed by atoms with Crippen molar-refractivity contribution in [3.63, 3.8) is 0 Å². The van der Waals surface area contributed by atoms with Gasteiger partial charge in [-0.15, -0.1) is 22.7 Å². The summed E-state index contributed by atoms with van der Waals surface area (Å²) in [6, 6.07) is 24.8. The predicted molar refractivity (Wildman–Crippen MR) is 162 cm³/mol. The lowest BCUT2D eigenvalue weighted by Crippen LogP contribution is -2.05. The SMILES string of the molecule is CCc1cc(CC)c2sc3cc(CC(C)c4ccc5sc6ccccc6c(=O)c5c4)ccc3c(=O)c2c1. The van der Waals surface area contributed by atoms with E-state index >= 15 is 0 Å². The summed E-state index contributed by atoms with van der Waals surface area (Å²) in [5.41, 5.74) is 5.11. The van der Waals surface area contributed by atoms with E-state index in [1.54, 1.807) is 22.7 Å². The Morgan fingerprint density at radius 2 is 1.41 bits per heavy atom. The van der Waals surface area contributed by atoms with Crippen molar-refractivity contribution in [3.8, 4) is 0 Å². The second-order valence-corrected chi connectivity index (χ2v) is 12.0. The third-order valence-corrected chi connectivity index (χ3v) is 9.87. The highest BCUT2D eigenvalue weighted by molar-refractivity contribution is 7.25. The summed E-state index contributed by atoms with van der Waals surface area (Å²) in [5, 5.41) is 3.25. The van der Waals surface area contributed by atoms with Crippen LogP contribution in [-0.2, 0) is 19.3 Å². The van der Waals surface area contributed by atoms with E-state index in [-0.39, 0.29) is 16.8 Å². The third kappa shape index (κ3) is 4.18. The third-order valence-electron chi connectivity index (χ3n) is 7.47. The maximum absolute atomic E-state index is 13.4. The summed E-state index contributed by atoms with van der Waals surface area (Å²) >= 11 is 3.41. The van der Waals surface area contributed by atoms with Gasteiger partial charge in [0, 0.05) is 40.3 Å². The summed E-state index contributed by atoms with van der Waals surface area (Å²) in [5.74, 6) is 0.244. The minimum Gasteiger partial charge on any atom is -0.289 e. The van der Waals surface area contributed by atoms with Crippen molar-refractivity contribution in [2.75, 3.05) is 0 Å². The van der Waals surface area contributed by atoms with Gasteiger partial charge >= 0.3 is 0 Å². The van der Waals surface area contributed by atoms with E-state index in [1.165, 1.54) is 22.3 Å². The number of fused-ring (bicyclic) bond motifs is 4. The number of aryl methyl sites for hydroxylation is 2. The van der Waals surface area contributed by atoms with Gasteiger partial charge in [-0.05, 0) is 89.9 Å². The summed E-state index contributed by atoms with van der Waals surface area (Å²) in [6.45, 7) is 6.51. The monoisotopic (exact) mass is 520 g/mol. The van der Waals surface area contributed by atoms with E-state index in [4.69, 9.17) is 0 Å². The Labute approximate surface area is 223 Å². The molecule has 0 spiro atoms. The number of benzene rings is 4. The summed E-state index contributed by atoms with van der Waals surface area (Å²) in [4.78, 5) is 26.6. The van der Waals surface area contributed by atoms with Crippen LogP contribution in [0.1, 0.15) is 48.9 Å². The molecule has 1 atom stereocenters. The molecule has 37 heavy (non-hydrogen) atoms. The Bertz CT molecular complexity index is 1950. The van der Waals surface area contributed by atoms with Gasteiger partial charge in [0.15, 0.2) is 10.9 Å². The van der Waals surface area contributed by atoms with Crippen molar-refractivity contribution in [1.82, 2.24) is 0 Å². The standard InChI is InChI=1S/C33H28O2S2/c1-4-20-15-22(5-2)33-27(16-20)32(35)25-12-10-21(17-30(25)37-33)14-19(3)23-11-13-29-26(18-23)31(34)24-8-6-7-9-28(24)36-29/h6-13,15-19H,4-5,14H2,1-3H3. The van der Waals surface area contributed by atoms with Crippen LogP contribution in [0.25, 0.3) is 40.3 Å². The lowest BCUT2D eigenvalue weighted by atomic mass is 9.92. The van der Waals surface area contributed by atoms with Crippen molar-refractivity contribution < 1.29 is 0 Å². The maximum Gasteiger partial charge on any atom is 0.195 e. The first-order valence-corrected chi connectivity index (χ1v) is 14.6. The fraction of sp³-hybridized carbons (Fsp3) is 0.212. The average molecular weight is 521 g/mol. The van der Waals surface area contributed by atoms with Gasteiger partial charge in [-0.25, -0.2) is 0 Å². The molecule has 0 aliphatic rings. The topological polar surface area (TPSA) is 34.1 Å². The molecule has 184 valence electrons. The summed E-state index contributed by atoms with van der Waals surface area (Å²) in [6.07, 6.45) is 2.70. The van der Waals surface area contributed by atoms with Crippen LogP contribution in [0.4, 0.5) is 0 Å². The molecule has 0 fully saturated rings. The normalized spacial score (nSPS) is 12.6. The molecule has 0 bridgehead atoms. The highest BCUT2D eigenvalue weighted by atomic mass is 32.1. The zero-order valence-electron chi connectivity index (χ0n) is 21.3. The van der Waals surface area contributed by atoms with E-state index in [1.807, 2.05) is 30.3 Å². The molecule has 2 nitrogen and oxygen atoms in total. The number of hydrogen-bond acceptors (Lipinski definition) is 4. The van der Waals surface area contributed by atoms with Gasteiger partial charge in [0.25, 0.3) is 0 Å². The van der Waals surface area contributed by atoms with E-state index in [9.17, 15) is 9.59 Å². The molecule has 6 rings (SSSR count). The molecule has 0 saturated heterocycles. The van der Waals surface area contributed by atoms with Crippen molar-refractivity contribution in [2.24, 2.45) is 0 Å². The van der Waals surface area contributed by atoms with Crippen LogP contribution in [0.2, 0.25) is 0 Å². The van der Waals surface area contributed by atoms with Crippen LogP contribution >= 0.6 is 22.7 Å². The van der Waals surface area contributed by atoms with Crippen molar-refractivity contribution in [1.29, 1.82) is 0 Å². The fourth-order valence-electron chi connectivity index (χ4n) is 5.33. The first-order valence-electron chi connectivity index (χ1n) is 12.9. The average Bonchev–Trinajstić information content (AvgIpc) is 2.92. The highest BCUT2D eigenvalue weighted by Crippen LogP contribution is 2.32. The number of rotatable bonds is 5. The molecule has 2 heterocycles. The smallest absolute Gasteiger partial charge is 0.195 e. The highest BCUT2D eigenvalue weighted by Gasteiger charge is 2.14. The first-order chi connectivity index (χ1) is 18.0. The van der Waals surface area contributed by atoms with Crippen molar-refractivity contribution >= 4 is 63.0 Å². The minimum absolute atomic E-state index is 0.110. The van der Waals surface area contributed by atoms with Gasteiger partial charge in [0.2, 0.25) is 0 Å². The first kappa shape index (κ1) is 24.0. The quantitative estimate of drug-likeness (QED) is 0.213. The molecule has 4 aromatic carbocycles. The summed E-state index contributed by atoms with van der Waals surface area (Å²) < 4.78 is 4.23. The molecule has 0 saturated carbocycles. The molecule has 1 unspecified atom stereocenters. The van der Waals surface area contributed by atoms with E-state index in [2.05, 4.69) is 63.2 Å². The second kappa shape index (κ2) is 9.51. The molecule has 6 aromatic rings. The zero-order chi connectivity index (χ0) is 25.7. The predicted octanol–water partition coefficient (Wildman–Crippen LogP) is 8.61. The largest absolute Gasteiger partial charge is 0.289 e.